The van der Waals surface area contributed by atoms with Crippen LogP contribution in [0.4, 0.5) is 0 Å². The normalized spacial score (nSPS) is 11.8. The van der Waals surface area contributed by atoms with Crippen LogP contribution in [0.5, 0.6) is 28.7 Å². The molecule has 0 spiro atoms. The average molecular weight is 569 g/mol. The van der Waals surface area contributed by atoms with Crippen LogP contribution in [-0.2, 0) is 0 Å². The number of ether oxygens (including phenoxy) is 5. The van der Waals surface area contributed by atoms with Crippen molar-refractivity contribution in [3.05, 3.63) is 47.5 Å². The topological polar surface area (TPSA) is 63.2 Å². The molecular weight excluding hydrogens is 516 g/mol. The second-order valence-electron chi connectivity index (χ2n) is 12.7. The first kappa shape index (κ1) is 34.1. The molecule has 0 aromatic heterocycles. The van der Waals surface area contributed by atoms with Gasteiger partial charge in [0.2, 0.25) is 0 Å². The maximum absolute atomic E-state index is 13.8. The summed E-state index contributed by atoms with van der Waals surface area (Å²) in [5, 5.41) is 0. The average Bonchev–Trinajstić information content (AvgIpc) is 2.90. The van der Waals surface area contributed by atoms with E-state index in [1.165, 1.54) is 0 Å². The summed E-state index contributed by atoms with van der Waals surface area (Å²) in [6.07, 6.45) is 3.34. The zero-order valence-corrected chi connectivity index (χ0v) is 26.9. The Morgan fingerprint density at radius 2 is 1.07 bits per heavy atom. The van der Waals surface area contributed by atoms with Crippen LogP contribution in [-0.4, -0.2) is 38.8 Å². The van der Waals surface area contributed by atoms with E-state index in [0.29, 0.717) is 85.3 Å². The minimum atomic E-state index is -0.212. The standard InChI is InChI=1S/C35H52O6/c1-23(2)18-37-29-12-14-33(39-20-25(5)6)28(15-29)11-13-32(36)31-16-30(38-19-24(3)4)17-34(40-21-26(7)8)35(31)41-22-27(9)10/h11-17,23-27H,18-22H2,1-10H3/b13-11-. The lowest BCUT2D eigenvalue weighted by atomic mass is 10.1. The van der Waals surface area contributed by atoms with Crippen LogP contribution in [0.15, 0.2) is 36.4 Å². The minimum Gasteiger partial charge on any atom is -0.493 e. The largest absolute Gasteiger partial charge is 0.493 e. The minimum absolute atomic E-state index is 0.212. The smallest absolute Gasteiger partial charge is 0.189 e. The lowest BCUT2D eigenvalue weighted by Crippen LogP contribution is -2.13. The first-order valence-electron chi connectivity index (χ1n) is 15.0. The number of ketones is 1. The summed E-state index contributed by atoms with van der Waals surface area (Å²) in [7, 11) is 0. The second kappa shape index (κ2) is 17.0. The Labute approximate surface area is 248 Å². The summed E-state index contributed by atoms with van der Waals surface area (Å²) < 4.78 is 30.4. The van der Waals surface area contributed by atoms with Crippen LogP contribution >= 0.6 is 0 Å². The van der Waals surface area contributed by atoms with Crippen molar-refractivity contribution in [3.8, 4) is 28.7 Å². The molecule has 0 amide bonds. The van der Waals surface area contributed by atoms with Gasteiger partial charge in [-0.3, -0.25) is 4.79 Å². The van der Waals surface area contributed by atoms with Crippen molar-refractivity contribution in [2.24, 2.45) is 29.6 Å². The number of carbonyl (C=O) groups excluding carboxylic acids is 1. The Hall–Kier alpha value is -3.15. The van der Waals surface area contributed by atoms with Gasteiger partial charge in [0.1, 0.15) is 17.2 Å². The summed E-state index contributed by atoms with van der Waals surface area (Å²) in [4.78, 5) is 13.8. The summed E-state index contributed by atoms with van der Waals surface area (Å²) in [5.74, 6) is 4.44. The first-order chi connectivity index (χ1) is 19.3. The van der Waals surface area contributed by atoms with Crippen LogP contribution in [0.3, 0.4) is 0 Å². The second-order valence-corrected chi connectivity index (χ2v) is 12.7. The molecule has 0 fully saturated rings. The predicted molar refractivity (Wildman–Crippen MR) is 168 cm³/mol. The van der Waals surface area contributed by atoms with Gasteiger partial charge in [-0.2, -0.15) is 0 Å². The van der Waals surface area contributed by atoms with Gasteiger partial charge in [0.25, 0.3) is 0 Å². The first-order valence-corrected chi connectivity index (χ1v) is 15.0. The molecule has 0 saturated carbocycles. The molecule has 0 saturated heterocycles. The molecule has 0 aliphatic heterocycles. The predicted octanol–water partition coefficient (Wildman–Crippen LogP) is 8.76. The molecule has 2 aromatic carbocycles. The van der Waals surface area contributed by atoms with Crippen LogP contribution in [0.1, 0.15) is 85.2 Å². The van der Waals surface area contributed by atoms with E-state index in [1.807, 2.05) is 24.3 Å². The van der Waals surface area contributed by atoms with E-state index in [4.69, 9.17) is 23.7 Å². The maximum atomic E-state index is 13.8. The Bertz CT molecular complexity index is 1110. The highest BCUT2D eigenvalue weighted by Gasteiger charge is 2.20. The molecule has 0 aliphatic carbocycles. The van der Waals surface area contributed by atoms with Crippen LogP contribution < -0.4 is 23.7 Å². The summed E-state index contributed by atoms with van der Waals surface area (Å²) in [6, 6.07) is 9.30. The summed E-state index contributed by atoms with van der Waals surface area (Å²) >= 11 is 0. The number of hydrogen-bond acceptors (Lipinski definition) is 6. The summed E-state index contributed by atoms with van der Waals surface area (Å²) in [5.41, 5.74) is 1.17. The Balaban J connectivity index is 2.53. The maximum Gasteiger partial charge on any atom is 0.189 e. The van der Waals surface area contributed by atoms with Crippen molar-refractivity contribution < 1.29 is 28.5 Å². The van der Waals surface area contributed by atoms with E-state index in [-0.39, 0.29) is 11.7 Å². The van der Waals surface area contributed by atoms with E-state index in [1.54, 1.807) is 18.2 Å². The van der Waals surface area contributed by atoms with Gasteiger partial charge >= 0.3 is 0 Å². The fraction of sp³-hybridized carbons (Fsp3) is 0.571. The molecule has 0 radical (unpaired) electrons. The quantitative estimate of drug-likeness (QED) is 0.132. The molecule has 2 aromatic rings. The number of hydrogen-bond donors (Lipinski definition) is 0. The SMILES string of the molecule is CC(C)COc1ccc(OCC(C)C)c(/C=C\C(=O)c2cc(OCC(C)C)cc(OCC(C)C)c2OCC(C)C)c1. The van der Waals surface area contributed by atoms with Gasteiger partial charge < -0.3 is 23.7 Å². The fourth-order valence-electron chi connectivity index (χ4n) is 3.52. The van der Waals surface area contributed by atoms with E-state index < -0.39 is 0 Å². The summed E-state index contributed by atoms with van der Waals surface area (Å²) in [6.45, 7) is 23.6. The van der Waals surface area contributed by atoms with Gasteiger partial charge in [0.15, 0.2) is 17.3 Å². The number of rotatable bonds is 18. The zero-order valence-electron chi connectivity index (χ0n) is 26.9. The fourth-order valence-corrected chi connectivity index (χ4v) is 3.52. The third-order valence-electron chi connectivity index (χ3n) is 5.56. The van der Waals surface area contributed by atoms with Crippen molar-refractivity contribution in [1.82, 2.24) is 0 Å². The van der Waals surface area contributed by atoms with Crippen molar-refractivity contribution in [1.29, 1.82) is 0 Å². The monoisotopic (exact) mass is 568 g/mol. The molecule has 0 bridgehead atoms. The molecule has 0 atom stereocenters. The highest BCUT2D eigenvalue weighted by Crippen LogP contribution is 2.38. The van der Waals surface area contributed by atoms with Gasteiger partial charge in [-0.05, 0) is 66.0 Å². The molecule has 0 aliphatic rings. The van der Waals surface area contributed by atoms with Gasteiger partial charge in [0, 0.05) is 11.6 Å². The third-order valence-corrected chi connectivity index (χ3v) is 5.56. The van der Waals surface area contributed by atoms with Crippen LogP contribution in [0.25, 0.3) is 6.08 Å². The van der Waals surface area contributed by atoms with E-state index in [9.17, 15) is 4.79 Å². The molecule has 41 heavy (non-hydrogen) atoms. The van der Waals surface area contributed by atoms with Gasteiger partial charge in [-0.25, -0.2) is 0 Å². The highest BCUT2D eigenvalue weighted by molar-refractivity contribution is 6.09. The number of benzene rings is 2. The van der Waals surface area contributed by atoms with Crippen molar-refractivity contribution in [3.63, 3.8) is 0 Å². The number of allylic oxidation sites excluding steroid dienone is 1. The van der Waals surface area contributed by atoms with Crippen molar-refractivity contribution in [2.75, 3.05) is 33.0 Å². The third kappa shape index (κ3) is 12.5. The highest BCUT2D eigenvalue weighted by atomic mass is 16.5. The van der Waals surface area contributed by atoms with Crippen molar-refractivity contribution in [2.45, 2.75) is 69.2 Å². The molecule has 228 valence electrons. The molecule has 6 nitrogen and oxygen atoms in total. The van der Waals surface area contributed by atoms with E-state index in [0.717, 1.165) is 11.3 Å². The molecule has 6 heteroatoms. The van der Waals surface area contributed by atoms with Crippen LogP contribution in [0, 0.1) is 29.6 Å². The van der Waals surface area contributed by atoms with Gasteiger partial charge in [-0.15, -0.1) is 0 Å². The lowest BCUT2D eigenvalue weighted by Gasteiger charge is -2.20. The molecular formula is C35H52O6. The van der Waals surface area contributed by atoms with Gasteiger partial charge in [0.05, 0.1) is 38.6 Å². The van der Waals surface area contributed by atoms with Crippen molar-refractivity contribution >= 4 is 11.9 Å². The Kier molecular flexibility index (Phi) is 14.1. The zero-order chi connectivity index (χ0) is 30.5. The molecule has 0 N–H and O–H groups in total. The molecule has 0 heterocycles. The molecule has 2 rings (SSSR count). The van der Waals surface area contributed by atoms with Crippen LogP contribution in [0.2, 0.25) is 0 Å². The molecule has 0 unspecified atom stereocenters. The van der Waals surface area contributed by atoms with E-state index >= 15 is 0 Å². The number of carbonyl (C=O) groups is 1. The Morgan fingerprint density at radius 1 is 0.585 bits per heavy atom. The van der Waals surface area contributed by atoms with E-state index in [2.05, 4.69) is 69.2 Å². The lowest BCUT2D eigenvalue weighted by molar-refractivity contribution is 0.104. The van der Waals surface area contributed by atoms with Gasteiger partial charge in [-0.1, -0.05) is 69.2 Å². The Morgan fingerprint density at radius 3 is 1.63 bits per heavy atom.